The van der Waals surface area contributed by atoms with Crippen LogP contribution in [0.4, 0.5) is 0 Å². The van der Waals surface area contributed by atoms with Crippen LogP contribution in [0.3, 0.4) is 0 Å². The lowest BCUT2D eigenvalue weighted by Gasteiger charge is -2.24. The highest BCUT2D eigenvalue weighted by atomic mass is 32.1. The Kier molecular flexibility index (Phi) is 7.71. The molecular formula is C25H23N3OS. The molecule has 0 aliphatic carbocycles. The molecule has 3 aromatic carbocycles. The molecule has 0 saturated carbocycles. The molecule has 30 heavy (non-hydrogen) atoms. The van der Waals surface area contributed by atoms with Crippen molar-refractivity contribution < 1.29 is 4.79 Å². The lowest BCUT2D eigenvalue weighted by Crippen LogP contribution is -2.43. The highest BCUT2D eigenvalue weighted by Crippen LogP contribution is 2.19. The average molecular weight is 414 g/mol. The van der Waals surface area contributed by atoms with E-state index in [-0.39, 0.29) is 5.91 Å². The van der Waals surface area contributed by atoms with E-state index in [9.17, 15) is 4.79 Å². The first-order valence-electron chi connectivity index (χ1n) is 9.84. The smallest absolute Gasteiger partial charge is 0.250 e. The van der Waals surface area contributed by atoms with Crippen molar-refractivity contribution in [1.82, 2.24) is 10.2 Å². The molecule has 150 valence electrons. The maximum absolute atomic E-state index is 12.4. The van der Waals surface area contributed by atoms with Gasteiger partial charge >= 0.3 is 0 Å². The normalized spacial score (nSPS) is 10.6. The van der Waals surface area contributed by atoms with Crippen LogP contribution in [0.25, 0.3) is 16.8 Å². The van der Waals surface area contributed by atoms with Gasteiger partial charge in [0, 0.05) is 19.2 Å². The molecule has 0 aliphatic heterocycles. The molecule has 3 rings (SSSR count). The summed E-state index contributed by atoms with van der Waals surface area (Å²) in [5, 5.41) is 14.3. The number of nitriles is 1. The van der Waals surface area contributed by atoms with Crippen LogP contribution in [-0.2, 0) is 11.2 Å². The van der Waals surface area contributed by atoms with Gasteiger partial charge in [-0.15, -0.1) is 0 Å². The summed E-state index contributed by atoms with van der Waals surface area (Å²) >= 11 is 5.44. The number of hydrogen-bond acceptors (Lipinski definition) is 3. The first-order chi connectivity index (χ1) is 14.7. The van der Waals surface area contributed by atoms with E-state index in [1.165, 1.54) is 11.6 Å². The third-order valence-electron chi connectivity index (χ3n) is 4.76. The second-order valence-electron chi connectivity index (χ2n) is 6.83. The summed E-state index contributed by atoms with van der Waals surface area (Å²) < 4.78 is 0. The number of nitrogens with zero attached hydrogens (tertiary/aromatic N) is 2. The minimum atomic E-state index is -0.283. The minimum absolute atomic E-state index is 0.283. The van der Waals surface area contributed by atoms with Crippen LogP contribution < -0.4 is 5.32 Å². The molecular weight excluding hydrogens is 390 g/mol. The van der Waals surface area contributed by atoms with Crippen molar-refractivity contribution in [3.63, 3.8) is 0 Å². The summed E-state index contributed by atoms with van der Waals surface area (Å²) in [5.41, 5.74) is 2.16. The highest BCUT2D eigenvalue weighted by molar-refractivity contribution is 7.80. The number of benzene rings is 3. The number of carbonyl (C=O) groups excluding carboxylic acids is 1. The fourth-order valence-corrected chi connectivity index (χ4v) is 3.48. The number of amides is 1. The zero-order chi connectivity index (χ0) is 21.2. The molecule has 0 saturated heterocycles. The van der Waals surface area contributed by atoms with Crippen LogP contribution in [0.1, 0.15) is 17.5 Å². The molecule has 1 N–H and O–H groups in total. The topological polar surface area (TPSA) is 56.1 Å². The lowest BCUT2D eigenvalue weighted by molar-refractivity contribution is -0.115. The summed E-state index contributed by atoms with van der Waals surface area (Å²) in [7, 11) is 0. The summed E-state index contributed by atoms with van der Waals surface area (Å²) in [6.07, 6.45) is 4.42. The molecule has 0 aromatic heterocycles. The van der Waals surface area contributed by atoms with Gasteiger partial charge in [-0.05, 0) is 46.6 Å². The van der Waals surface area contributed by atoms with E-state index in [0.717, 1.165) is 22.8 Å². The van der Waals surface area contributed by atoms with Crippen LogP contribution in [0.2, 0.25) is 0 Å². The number of fused-ring (bicyclic) bond motifs is 1. The molecule has 0 radical (unpaired) electrons. The van der Waals surface area contributed by atoms with Gasteiger partial charge < -0.3 is 4.90 Å². The predicted octanol–water partition coefficient (Wildman–Crippen LogP) is 4.71. The Labute approximate surface area is 182 Å². The number of thiocarbonyl (C=S) groups is 1. The standard InChI is InChI=1S/C25H23N3OS/c26-17-7-18-28(19-16-20-8-2-1-3-9-20)25(30)27-24(29)15-14-22-12-6-11-21-10-4-5-13-23(21)22/h1-6,8-15H,7,16,18-19H2,(H,27,29,30)/b15-14+. The van der Waals surface area contributed by atoms with Gasteiger partial charge in [-0.2, -0.15) is 5.26 Å². The Morgan fingerprint density at radius 2 is 1.73 bits per heavy atom. The SMILES string of the molecule is N#CCCN(CCc1ccccc1)C(=S)NC(=O)/C=C/c1cccc2ccccc12. The van der Waals surface area contributed by atoms with Crippen molar-refractivity contribution in [1.29, 1.82) is 5.26 Å². The van der Waals surface area contributed by atoms with Crippen LogP contribution >= 0.6 is 12.2 Å². The van der Waals surface area contributed by atoms with Crippen LogP contribution in [0.15, 0.2) is 78.9 Å². The maximum Gasteiger partial charge on any atom is 0.250 e. The fraction of sp³-hybridized carbons (Fsp3) is 0.160. The quantitative estimate of drug-likeness (QED) is 0.450. The summed E-state index contributed by atoms with van der Waals surface area (Å²) in [5.74, 6) is -0.283. The monoisotopic (exact) mass is 413 g/mol. The molecule has 4 nitrogen and oxygen atoms in total. The molecule has 0 bridgehead atoms. The summed E-state index contributed by atoms with van der Waals surface area (Å²) in [6, 6.07) is 26.2. The van der Waals surface area contributed by atoms with Crippen molar-refractivity contribution in [2.75, 3.05) is 13.1 Å². The van der Waals surface area contributed by atoms with E-state index in [0.29, 0.717) is 24.6 Å². The van der Waals surface area contributed by atoms with E-state index in [4.69, 9.17) is 17.5 Å². The van der Waals surface area contributed by atoms with E-state index in [1.807, 2.05) is 65.6 Å². The van der Waals surface area contributed by atoms with Crippen molar-refractivity contribution >= 4 is 40.1 Å². The number of hydrogen-bond donors (Lipinski definition) is 1. The minimum Gasteiger partial charge on any atom is -0.348 e. The van der Waals surface area contributed by atoms with Gasteiger partial charge in [0.1, 0.15) is 0 Å². The zero-order valence-corrected chi connectivity index (χ0v) is 17.4. The Hall–Kier alpha value is -3.49. The van der Waals surface area contributed by atoms with Gasteiger partial charge in [-0.1, -0.05) is 72.8 Å². The average Bonchev–Trinajstić information content (AvgIpc) is 2.78. The van der Waals surface area contributed by atoms with E-state index in [1.54, 1.807) is 6.08 Å². The van der Waals surface area contributed by atoms with Crippen LogP contribution in [-0.4, -0.2) is 29.0 Å². The number of carbonyl (C=O) groups is 1. The van der Waals surface area contributed by atoms with Gasteiger partial charge in [-0.3, -0.25) is 10.1 Å². The maximum atomic E-state index is 12.4. The number of nitrogens with one attached hydrogen (secondary N) is 1. The second-order valence-corrected chi connectivity index (χ2v) is 7.21. The van der Waals surface area contributed by atoms with Crippen LogP contribution in [0, 0.1) is 11.3 Å². The Morgan fingerprint density at radius 3 is 2.53 bits per heavy atom. The molecule has 0 spiro atoms. The van der Waals surface area contributed by atoms with Gasteiger partial charge in [0.05, 0.1) is 12.5 Å². The van der Waals surface area contributed by atoms with Gasteiger partial charge in [0.25, 0.3) is 0 Å². The molecule has 1 amide bonds. The first-order valence-corrected chi connectivity index (χ1v) is 10.2. The molecule has 3 aromatic rings. The predicted molar refractivity (Wildman–Crippen MR) is 126 cm³/mol. The first kappa shape index (κ1) is 21.2. The highest BCUT2D eigenvalue weighted by Gasteiger charge is 2.11. The fourth-order valence-electron chi connectivity index (χ4n) is 3.20. The van der Waals surface area contributed by atoms with Crippen molar-refractivity contribution in [3.05, 3.63) is 90.0 Å². The largest absolute Gasteiger partial charge is 0.348 e. The van der Waals surface area contributed by atoms with Gasteiger partial charge in [0.15, 0.2) is 5.11 Å². The Balaban J connectivity index is 1.63. The third kappa shape index (κ3) is 6.00. The molecule has 0 aliphatic rings. The second kappa shape index (κ2) is 10.9. The Bertz CT molecular complexity index is 1080. The third-order valence-corrected chi connectivity index (χ3v) is 5.12. The molecule has 5 heteroatoms. The summed E-state index contributed by atoms with van der Waals surface area (Å²) in [4.78, 5) is 14.3. The van der Waals surface area contributed by atoms with E-state index in [2.05, 4.69) is 23.5 Å². The van der Waals surface area contributed by atoms with Gasteiger partial charge in [-0.25, -0.2) is 0 Å². The lowest BCUT2D eigenvalue weighted by atomic mass is 10.0. The van der Waals surface area contributed by atoms with Crippen molar-refractivity contribution in [2.24, 2.45) is 0 Å². The molecule has 0 heterocycles. The zero-order valence-electron chi connectivity index (χ0n) is 16.6. The molecule has 0 unspecified atom stereocenters. The van der Waals surface area contributed by atoms with Crippen molar-refractivity contribution in [2.45, 2.75) is 12.8 Å². The van der Waals surface area contributed by atoms with Crippen LogP contribution in [0.5, 0.6) is 0 Å². The molecule has 0 atom stereocenters. The van der Waals surface area contributed by atoms with E-state index < -0.39 is 0 Å². The number of rotatable bonds is 7. The Morgan fingerprint density at radius 1 is 1.00 bits per heavy atom. The van der Waals surface area contributed by atoms with Gasteiger partial charge in [0.2, 0.25) is 5.91 Å². The summed E-state index contributed by atoms with van der Waals surface area (Å²) in [6.45, 7) is 1.12. The van der Waals surface area contributed by atoms with E-state index >= 15 is 0 Å². The van der Waals surface area contributed by atoms with Crippen molar-refractivity contribution in [3.8, 4) is 6.07 Å². The molecule has 0 fully saturated rings.